The number of carbonyl (C=O) groups is 6. The maximum absolute atomic E-state index is 12.4. The van der Waals surface area contributed by atoms with Crippen molar-refractivity contribution >= 4 is 51.5 Å². The minimum Gasteiger partial charge on any atom is -0.255 e. The van der Waals surface area contributed by atoms with Gasteiger partial charge in [-0.1, -0.05) is 112 Å². The normalized spacial score (nSPS) is 25.2. The largest absolute Gasteiger partial charge is 0.255 e. The molecule has 26 nitrogen and oxygen atoms in total. The fourth-order valence-electron chi connectivity index (χ4n) is 11.7. The van der Waals surface area contributed by atoms with Gasteiger partial charge in [-0.15, -0.1) is 0 Å². The molecule has 3 saturated heterocycles. The van der Waals surface area contributed by atoms with Crippen molar-refractivity contribution in [2.75, 3.05) is 73.0 Å². The number of carboxylic acids is 1. The third kappa shape index (κ3) is 44.7. The van der Waals surface area contributed by atoms with E-state index >= 15 is 0 Å². The maximum Gasteiger partial charge on any atom is 0.0785 e. The molecule has 4 rings (SSSR count). The first-order valence-electron chi connectivity index (χ1n) is 39.0. The third-order valence-electron chi connectivity index (χ3n) is 19.4. The average Bonchev–Trinajstić information content (AvgIpc) is 0.832. The summed E-state index contributed by atoms with van der Waals surface area (Å²) in [5.74, 6) is 1.20. The van der Waals surface area contributed by atoms with Crippen LogP contribution in [0.3, 0.4) is 0 Å². The Kier molecular flexibility index (Phi) is 56.0. The summed E-state index contributed by atoms with van der Waals surface area (Å²) in [4.78, 5) is 68.3. The van der Waals surface area contributed by atoms with Crippen LogP contribution in [-0.2, 0) is 96.4 Å². The number of nitriles is 1. The van der Waals surface area contributed by atoms with Crippen molar-refractivity contribution in [2.45, 2.75) is 289 Å². The first-order chi connectivity index (χ1) is 50.7. The summed E-state index contributed by atoms with van der Waals surface area (Å²) in [6, 6.07) is 12.6. The Morgan fingerprint density at radius 1 is 0.594 bits per heavy atom. The molecule has 0 aliphatic carbocycles. The smallest absolute Gasteiger partial charge is 0.0785 e. The zero-order valence-corrected chi connectivity index (χ0v) is 68.6. The minimum absolute atomic E-state index is 0.00367. The van der Waals surface area contributed by atoms with Gasteiger partial charge in [0, 0.05) is 103 Å². The Labute approximate surface area is 638 Å². The van der Waals surface area contributed by atoms with Crippen LogP contribution in [-0.4, -0.2) is 193 Å². The van der Waals surface area contributed by atoms with Crippen LogP contribution >= 0.6 is 8.53 Å². The standard InChI is InChI=1S/C29H54N3O7P.C27H43NO6.C17H30O6.C3H9BN2O.CH3F/c1-20(2)32(21(3)4)40(37-17-13-15-30)39-22(5)18-31-28(34)14-11-10-12-16-35-29-25(8)23(6)24(7)27(38-29)19-36-26(9)33;1-19(32-17-24-12-8-6-9-13-24)16-28-26(30)14-10-7-11-15-31-27-22(4)20(2)21(3)25(34-27)18-33-23(5)29;1-11-12(2)15(10-22-14(4)18)23-17(13(11)3)21-9-7-5-6-8-16(19)20;1-3(2-5)7-4-6;1-2/h20-25,27,29H,10-14,16-19H2,1-9H3,(H,31,34);6,8-9,12-13,19-22,25,27H,7,10-11,14-18H2,1-5H3,(H,28,30);11-13,15,17H,5-10H2,1-4H3,(H,19,20);3,6H,2,5H2,1H3;1H3/t22?,23-,24+,25?,27?,29+,40?;19?,20-,21+,22?,25?,27+;11-,12+,13?,15?,17+;;/m000../s1/i;;;;1D. The molecule has 106 heavy (non-hydrogen) atoms. The van der Waals surface area contributed by atoms with Gasteiger partial charge in [0.1, 0.15) is 19.8 Å². The van der Waals surface area contributed by atoms with Crippen LogP contribution in [0.4, 0.5) is 4.39 Å². The summed E-state index contributed by atoms with van der Waals surface area (Å²) in [5, 5.41) is 29.8. The van der Waals surface area contributed by atoms with Gasteiger partial charge < -0.3 is 72.2 Å². The molecule has 3 heterocycles. The van der Waals surface area contributed by atoms with Gasteiger partial charge in [0.25, 0.3) is 8.53 Å². The number of alkyl halides is 1. The number of hydrogen-bond acceptors (Lipinski definition) is 23. The Hall–Kier alpha value is -4.89. The zero-order chi connectivity index (χ0) is 81.0. The van der Waals surface area contributed by atoms with Crippen molar-refractivity contribution < 1.29 is 101 Å². The number of aliphatic carboxylic acids is 1. The van der Waals surface area contributed by atoms with E-state index in [1.807, 2.05) is 51.1 Å². The average molecular weight is 1530 g/mol. The van der Waals surface area contributed by atoms with E-state index in [9.17, 15) is 33.2 Å². The predicted octanol–water partition coefficient (Wildman–Crippen LogP) is 13.2. The first kappa shape index (κ1) is 99.1. The van der Waals surface area contributed by atoms with E-state index in [0.29, 0.717) is 108 Å². The van der Waals surface area contributed by atoms with Gasteiger partial charge in [0.2, 0.25) is 11.8 Å². The van der Waals surface area contributed by atoms with E-state index in [1.54, 1.807) is 0 Å². The maximum atomic E-state index is 12.4. The van der Waals surface area contributed by atoms with Crippen molar-refractivity contribution in [2.24, 2.45) is 59.0 Å². The van der Waals surface area contributed by atoms with Crippen LogP contribution in [0.5, 0.6) is 0 Å². The summed E-state index contributed by atoms with van der Waals surface area (Å²) < 4.78 is 91.8. The zero-order valence-electron chi connectivity index (χ0n) is 68.7. The number of nitrogens with two attached hydrogens (primary N) is 1. The molecule has 6 N–H and O–H groups in total. The van der Waals surface area contributed by atoms with Crippen molar-refractivity contribution in [1.29, 1.82) is 10.6 Å². The molecule has 0 bridgehead atoms. The molecular formula is C77H139BFN6O20P. The topological polar surface area (TPSA) is 344 Å². The molecule has 3 aliphatic heterocycles. The number of nitrogens with one attached hydrogen (secondary N) is 3. The van der Waals surface area contributed by atoms with Gasteiger partial charge >= 0.3 is 66.4 Å². The number of amides is 2. The van der Waals surface area contributed by atoms with Crippen LogP contribution in [0.25, 0.3) is 0 Å². The summed E-state index contributed by atoms with van der Waals surface area (Å²) >= 11 is 0. The second-order valence-electron chi connectivity index (χ2n) is 28.7. The number of benzene rings is 1. The second-order valence-corrected chi connectivity index (χ2v) is 30.1. The summed E-state index contributed by atoms with van der Waals surface area (Å²) in [5.41, 5.74) is 6.25. The summed E-state index contributed by atoms with van der Waals surface area (Å²) in [6.07, 6.45) is 7.18. The minimum atomic E-state index is -1.34. The molecule has 2 amide bonds. The van der Waals surface area contributed by atoms with Gasteiger partial charge in [-0.2, -0.15) is 5.26 Å². The van der Waals surface area contributed by atoms with Crippen molar-refractivity contribution in [3.8, 4) is 6.07 Å². The van der Waals surface area contributed by atoms with Gasteiger partial charge in [-0.25, -0.2) is 4.67 Å². The molecule has 10 unspecified atom stereocenters. The number of carbonyl (C=O) groups excluding carboxylic acids is 5. The molecular weight excluding hydrogens is 1390 g/mol. The van der Waals surface area contributed by atoms with Crippen molar-refractivity contribution in [1.82, 2.24) is 15.3 Å². The first-order valence-corrected chi connectivity index (χ1v) is 39.4. The Morgan fingerprint density at radius 2 is 0.972 bits per heavy atom. The van der Waals surface area contributed by atoms with E-state index in [-0.39, 0.29) is 147 Å². The molecule has 19 atom stereocenters. The Bertz CT molecular complexity index is 2580. The van der Waals surface area contributed by atoms with Crippen LogP contribution < -0.4 is 16.4 Å². The fraction of sp³-hybridized carbons (Fsp3) is 0.831. The molecule has 0 radical (unpaired) electrons. The number of rotatable bonds is 45. The van der Waals surface area contributed by atoms with E-state index < -0.39 is 21.6 Å². The monoisotopic (exact) mass is 1530 g/mol. The van der Waals surface area contributed by atoms with Crippen LogP contribution in [0.1, 0.15) is 222 Å². The van der Waals surface area contributed by atoms with Crippen LogP contribution in [0, 0.1) is 69.9 Å². The summed E-state index contributed by atoms with van der Waals surface area (Å²) in [7, 11) is -1.44. The predicted molar refractivity (Wildman–Crippen MR) is 407 cm³/mol. The molecule has 612 valence electrons. The van der Waals surface area contributed by atoms with Crippen LogP contribution in [0.15, 0.2) is 30.3 Å². The van der Waals surface area contributed by atoms with E-state index in [2.05, 4.69) is 116 Å². The molecule has 29 heteroatoms. The van der Waals surface area contributed by atoms with Gasteiger partial charge in [-0.05, 0) is 121 Å². The molecule has 0 saturated carbocycles. The van der Waals surface area contributed by atoms with E-state index in [4.69, 9.17) is 79.2 Å². The molecule has 0 aromatic heterocycles. The quantitative estimate of drug-likeness (QED) is 0.0133. The Balaban J connectivity index is 0.00000152. The SMILES string of the molecule is CC(=O)OCC1O[C@@H](OCCCCCC(=O)NCC(C)OCc2ccccc2)C(C)[C@@H](C)[C@H]1C.CC(=O)OCC1O[C@@H](OCCCCCC(=O)NCC(C)OP(OCCC#N)N(C(C)C)C(C)C)C(C)[C@@H](C)[C@H]1C.CC(=O)OCC1O[C@@H](OCCCCCC(=O)O)C(C)[C@@H](C)[C@H]1C.CC(CN)OB=N.[2H]CF. The third-order valence-corrected chi connectivity index (χ3v) is 21.6. The number of nitrogens with zero attached hydrogens (tertiary/aromatic N) is 2. The molecule has 3 aliphatic rings. The summed E-state index contributed by atoms with van der Waals surface area (Å²) in [6.45, 7) is 42.3. The number of carboxylic acid groups (broad SMARTS) is 1. The number of halogens is 1. The van der Waals surface area contributed by atoms with Gasteiger partial charge in [0.15, 0.2) is 18.9 Å². The van der Waals surface area contributed by atoms with Crippen molar-refractivity contribution in [3.05, 3.63) is 35.9 Å². The van der Waals surface area contributed by atoms with Crippen molar-refractivity contribution in [3.63, 3.8) is 0 Å². The molecule has 1 aromatic carbocycles. The van der Waals surface area contributed by atoms with E-state index in [0.717, 1.165) is 64.2 Å². The van der Waals surface area contributed by atoms with Gasteiger partial charge in [0.05, 0.1) is 64.7 Å². The second kappa shape index (κ2) is 59.9. The molecule has 3 fully saturated rings. The Morgan fingerprint density at radius 3 is 1.30 bits per heavy atom. The molecule has 1 aromatic rings. The van der Waals surface area contributed by atoms with Crippen LogP contribution in [0.2, 0.25) is 0 Å². The number of ether oxygens (including phenoxy) is 10. The molecule has 0 spiro atoms. The fourth-order valence-corrected chi connectivity index (χ4v) is 13.4. The number of hydrogen-bond donors (Lipinski definition) is 5. The number of unbranched alkanes of at least 4 members (excludes halogenated alkanes) is 6. The van der Waals surface area contributed by atoms with Gasteiger partial charge in [-0.3, -0.25) is 33.2 Å². The number of esters is 3. The van der Waals surface area contributed by atoms with E-state index in [1.165, 1.54) is 20.8 Å².